The molecule has 0 bridgehead atoms. The largest absolute Gasteiger partial charge is 0.313 e. The van der Waals surface area contributed by atoms with Crippen molar-refractivity contribution in [2.45, 2.75) is 32.7 Å². The second-order valence-electron chi connectivity index (χ2n) is 5.02. The summed E-state index contributed by atoms with van der Waals surface area (Å²) in [6.07, 6.45) is 3.56. The first-order valence-electron chi connectivity index (χ1n) is 6.88. The van der Waals surface area contributed by atoms with Crippen molar-refractivity contribution in [1.29, 1.82) is 0 Å². The van der Waals surface area contributed by atoms with Gasteiger partial charge in [0.05, 0.1) is 6.26 Å². The summed E-state index contributed by atoms with van der Waals surface area (Å²) >= 11 is 0. The summed E-state index contributed by atoms with van der Waals surface area (Å²) in [6.45, 7) is 9.39. The Morgan fingerprint density at radius 3 is 2.22 bits per heavy atom. The first kappa shape index (κ1) is 15.9. The van der Waals surface area contributed by atoms with E-state index in [-0.39, 0.29) is 0 Å². The van der Waals surface area contributed by atoms with Gasteiger partial charge in [0.25, 0.3) is 0 Å². The Kier molecular flexibility index (Phi) is 6.55. The molecule has 18 heavy (non-hydrogen) atoms. The van der Waals surface area contributed by atoms with Crippen molar-refractivity contribution < 1.29 is 8.42 Å². The summed E-state index contributed by atoms with van der Waals surface area (Å²) in [5.74, 6) is 0. The monoisotopic (exact) mass is 277 g/mol. The van der Waals surface area contributed by atoms with Gasteiger partial charge in [0.2, 0.25) is 10.0 Å². The summed E-state index contributed by atoms with van der Waals surface area (Å²) in [6, 6.07) is 0.523. The molecule has 1 aliphatic heterocycles. The maximum atomic E-state index is 11.4. The van der Waals surface area contributed by atoms with Gasteiger partial charge in [-0.3, -0.25) is 4.90 Å². The molecule has 0 aliphatic carbocycles. The van der Waals surface area contributed by atoms with Crippen molar-refractivity contribution in [1.82, 2.24) is 14.5 Å². The highest BCUT2D eigenvalue weighted by Crippen LogP contribution is 2.07. The van der Waals surface area contributed by atoms with E-state index >= 15 is 0 Å². The zero-order valence-corrected chi connectivity index (χ0v) is 12.7. The fraction of sp³-hybridized carbons (Fsp3) is 1.00. The molecule has 1 heterocycles. The number of nitrogens with one attached hydrogen (secondary N) is 1. The number of piperazine rings is 1. The predicted octanol–water partition coefficient (Wildman–Crippen LogP) is 0.342. The molecule has 0 aromatic carbocycles. The van der Waals surface area contributed by atoms with Crippen LogP contribution in [-0.4, -0.2) is 69.2 Å². The maximum Gasteiger partial charge on any atom is 0.211 e. The molecule has 0 saturated carbocycles. The van der Waals surface area contributed by atoms with Crippen LogP contribution in [0.5, 0.6) is 0 Å². The topological polar surface area (TPSA) is 52.6 Å². The Hall–Kier alpha value is -0.170. The van der Waals surface area contributed by atoms with Crippen LogP contribution in [0.1, 0.15) is 26.7 Å². The van der Waals surface area contributed by atoms with Crippen LogP contribution in [0.15, 0.2) is 0 Å². The highest BCUT2D eigenvalue weighted by Gasteiger charge is 2.24. The van der Waals surface area contributed by atoms with Gasteiger partial charge in [0.15, 0.2) is 0 Å². The normalized spacial score (nSPS) is 21.1. The zero-order chi connectivity index (χ0) is 13.6. The second-order valence-corrected chi connectivity index (χ2v) is 7.00. The third-order valence-electron chi connectivity index (χ3n) is 3.45. The molecule has 0 spiro atoms. The van der Waals surface area contributed by atoms with E-state index < -0.39 is 10.0 Å². The van der Waals surface area contributed by atoms with Crippen LogP contribution in [0.4, 0.5) is 0 Å². The molecule has 0 amide bonds. The third kappa shape index (κ3) is 5.22. The van der Waals surface area contributed by atoms with Gasteiger partial charge in [0, 0.05) is 38.8 Å². The molecule has 0 aromatic rings. The third-order valence-corrected chi connectivity index (χ3v) is 4.76. The van der Waals surface area contributed by atoms with Gasteiger partial charge in [-0.1, -0.05) is 13.8 Å². The average molecular weight is 277 g/mol. The maximum absolute atomic E-state index is 11.4. The summed E-state index contributed by atoms with van der Waals surface area (Å²) in [4.78, 5) is 2.36. The Bertz CT molecular complexity index is 324. The molecule has 1 unspecified atom stereocenters. The van der Waals surface area contributed by atoms with Crippen molar-refractivity contribution in [3.63, 3.8) is 0 Å². The summed E-state index contributed by atoms with van der Waals surface area (Å²) in [5, 5.41) is 3.53. The number of sulfonamides is 1. The molecule has 108 valence electrons. The summed E-state index contributed by atoms with van der Waals surface area (Å²) in [7, 11) is -3.01. The van der Waals surface area contributed by atoms with Gasteiger partial charge in [0.1, 0.15) is 0 Å². The minimum atomic E-state index is -3.01. The average Bonchev–Trinajstić information content (AvgIpc) is 2.34. The van der Waals surface area contributed by atoms with Gasteiger partial charge < -0.3 is 5.32 Å². The summed E-state index contributed by atoms with van der Waals surface area (Å²) < 4.78 is 24.4. The number of hydrogen-bond acceptors (Lipinski definition) is 4. The Labute approximate surface area is 112 Å². The number of rotatable bonds is 7. The zero-order valence-electron chi connectivity index (χ0n) is 11.9. The van der Waals surface area contributed by atoms with E-state index in [0.717, 1.165) is 39.0 Å². The summed E-state index contributed by atoms with van der Waals surface area (Å²) in [5.41, 5.74) is 0. The fourth-order valence-electron chi connectivity index (χ4n) is 2.24. The minimum Gasteiger partial charge on any atom is -0.313 e. The Morgan fingerprint density at radius 2 is 1.78 bits per heavy atom. The highest BCUT2D eigenvalue weighted by atomic mass is 32.2. The SMILES string of the molecule is CCCNC(CC)CN1CCN(S(C)(=O)=O)CC1. The first-order chi connectivity index (χ1) is 8.47. The van der Waals surface area contributed by atoms with Crippen LogP contribution in [0.3, 0.4) is 0 Å². The first-order valence-corrected chi connectivity index (χ1v) is 8.73. The molecule has 1 saturated heterocycles. The lowest BCUT2D eigenvalue weighted by Gasteiger charge is -2.35. The van der Waals surface area contributed by atoms with Crippen LogP contribution >= 0.6 is 0 Å². The molecule has 1 N–H and O–H groups in total. The van der Waals surface area contributed by atoms with Crippen molar-refractivity contribution in [2.24, 2.45) is 0 Å². The van der Waals surface area contributed by atoms with Crippen LogP contribution in [0.25, 0.3) is 0 Å². The second kappa shape index (κ2) is 7.43. The molecule has 6 heteroatoms. The van der Waals surface area contributed by atoms with Gasteiger partial charge in [-0.2, -0.15) is 4.31 Å². The van der Waals surface area contributed by atoms with Gasteiger partial charge in [-0.05, 0) is 19.4 Å². The van der Waals surface area contributed by atoms with E-state index in [1.807, 2.05) is 0 Å². The van der Waals surface area contributed by atoms with E-state index in [1.54, 1.807) is 4.31 Å². The molecule has 1 rings (SSSR count). The fourth-order valence-corrected chi connectivity index (χ4v) is 3.07. The van der Waals surface area contributed by atoms with E-state index in [1.165, 1.54) is 6.26 Å². The van der Waals surface area contributed by atoms with E-state index in [4.69, 9.17) is 0 Å². The van der Waals surface area contributed by atoms with Crippen molar-refractivity contribution in [2.75, 3.05) is 45.5 Å². The Balaban J connectivity index is 2.34. The van der Waals surface area contributed by atoms with Crippen molar-refractivity contribution >= 4 is 10.0 Å². The molecular weight excluding hydrogens is 250 g/mol. The molecule has 0 radical (unpaired) electrons. The van der Waals surface area contributed by atoms with Crippen LogP contribution < -0.4 is 5.32 Å². The number of nitrogens with zero attached hydrogens (tertiary/aromatic N) is 2. The minimum absolute atomic E-state index is 0.523. The van der Waals surface area contributed by atoms with E-state index in [2.05, 4.69) is 24.1 Å². The molecule has 0 aromatic heterocycles. The van der Waals surface area contributed by atoms with Crippen LogP contribution in [0.2, 0.25) is 0 Å². The lowest BCUT2D eigenvalue weighted by Crippen LogP contribution is -2.51. The van der Waals surface area contributed by atoms with Gasteiger partial charge >= 0.3 is 0 Å². The molecular formula is C12H27N3O2S. The van der Waals surface area contributed by atoms with Crippen molar-refractivity contribution in [3.05, 3.63) is 0 Å². The molecule has 1 atom stereocenters. The predicted molar refractivity (Wildman–Crippen MR) is 75.2 cm³/mol. The quantitative estimate of drug-likeness (QED) is 0.729. The Morgan fingerprint density at radius 1 is 1.17 bits per heavy atom. The van der Waals surface area contributed by atoms with Crippen LogP contribution in [0, 0.1) is 0 Å². The van der Waals surface area contributed by atoms with Crippen molar-refractivity contribution in [3.8, 4) is 0 Å². The van der Waals surface area contributed by atoms with Crippen LogP contribution in [-0.2, 0) is 10.0 Å². The molecule has 5 nitrogen and oxygen atoms in total. The molecule has 1 fully saturated rings. The lowest BCUT2D eigenvalue weighted by molar-refractivity contribution is 0.171. The van der Waals surface area contributed by atoms with E-state index in [9.17, 15) is 8.42 Å². The smallest absolute Gasteiger partial charge is 0.211 e. The standard InChI is InChI=1S/C12H27N3O2S/c1-4-6-13-12(5-2)11-14-7-9-15(10-8-14)18(3,16)17/h12-13H,4-11H2,1-3H3. The highest BCUT2D eigenvalue weighted by molar-refractivity contribution is 7.88. The molecule has 1 aliphatic rings. The van der Waals surface area contributed by atoms with Gasteiger partial charge in [-0.25, -0.2) is 8.42 Å². The van der Waals surface area contributed by atoms with Gasteiger partial charge in [-0.15, -0.1) is 0 Å². The lowest BCUT2D eigenvalue weighted by atomic mass is 10.2. The van der Waals surface area contributed by atoms with E-state index in [0.29, 0.717) is 19.1 Å². The number of hydrogen-bond donors (Lipinski definition) is 1.